The maximum absolute atomic E-state index is 6.05. The van der Waals surface area contributed by atoms with E-state index < -0.39 is 0 Å². The van der Waals surface area contributed by atoms with Gasteiger partial charge in [0.1, 0.15) is 23.3 Å². The van der Waals surface area contributed by atoms with E-state index in [0.717, 1.165) is 34.3 Å². The van der Waals surface area contributed by atoms with Crippen molar-refractivity contribution in [3.05, 3.63) is 132 Å². The summed E-state index contributed by atoms with van der Waals surface area (Å²) in [5.41, 5.74) is 4.22. The van der Waals surface area contributed by atoms with Gasteiger partial charge in [-0.25, -0.2) is 0 Å². The Balaban J connectivity index is 1.35. The van der Waals surface area contributed by atoms with Crippen molar-refractivity contribution in [2.24, 2.45) is 0 Å². The molecule has 6 rings (SSSR count). The third-order valence-corrected chi connectivity index (χ3v) is 6.86. The highest BCUT2D eigenvalue weighted by Gasteiger charge is 2.42. The highest BCUT2D eigenvalue weighted by molar-refractivity contribution is 7.80. The van der Waals surface area contributed by atoms with E-state index in [1.54, 1.807) is 6.26 Å². The molecule has 7 heteroatoms. The van der Waals surface area contributed by atoms with Gasteiger partial charge in [0.15, 0.2) is 5.11 Å². The summed E-state index contributed by atoms with van der Waals surface area (Å²) in [6.07, 6.45) is 5.60. The molecule has 0 radical (unpaired) electrons. The predicted molar refractivity (Wildman–Crippen MR) is 148 cm³/mol. The zero-order valence-corrected chi connectivity index (χ0v) is 21.1. The molecule has 1 fully saturated rings. The SMILES string of the molecule is Cc1ccc(Oc2ccc(N3C(=S)N[C@@H](c4ccccn4)[C@H]3c3cccn3Cc3ccco3)cc2)cc1. The highest BCUT2D eigenvalue weighted by Crippen LogP contribution is 2.42. The van der Waals surface area contributed by atoms with Gasteiger partial charge in [0, 0.05) is 23.8 Å². The van der Waals surface area contributed by atoms with Crippen LogP contribution in [0.4, 0.5) is 5.69 Å². The zero-order valence-electron chi connectivity index (χ0n) is 20.3. The Kier molecular flexibility index (Phi) is 6.20. The second-order valence-corrected chi connectivity index (χ2v) is 9.43. The minimum Gasteiger partial charge on any atom is -0.467 e. The monoisotopic (exact) mass is 506 g/mol. The van der Waals surface area contributed by atoms with Crippen molar-refractivity contribution in [3.63, 3.8) is 0 Å². The standard InChI is InChI=1S/C30H26N4O2S/c1-21-9-13-23(14-10-21)36-24-15-11-22(12-16-24)34-29(28(32-30(34)37)26-7-2-3-17-31-26)27-8-4-18-33(27)20-25-6-5-19-35-25/h2-19,28-29H,20H2,1H3,(H,32,37)/t28-,29+/m0/s1. The van der Waals surface area contributed by atoms with Gasteiger partial charge in [0.05, 0.1) is 24.5 Å². The van der Waals surface area contributed by atoms with Gasteiger partial charge in [-0.05, 0) is 91.9 Å². The molecule has 184 valence electrons. The van der Waals surface area contributed by atoms with Crippen molar-refractivity contribution >= 4 is 23.0 Å². The molecule has 5 aromatic rings. The Hall–Kier alpha value is -4.36. The molecule has 1 aliphatic heterocycles. The fourth-order valence-corrected chi connectivity index (χ4v) is 5.11. The highest BCUT2D eigenvalue weighted by atomic mass is 32.1. The number of hydrogen-bond donors (Lipinski definition) is 1. The summed E-state index contributed by atoms with van der Waals surface area (Å²) in [6.45, 7) is 2.69. The molecule has 2 aromatic carbocycles. The first-order valence-electron chi connectivity index (χ1n) is 12.2. The van der Waals surface area contributed by atoms with Gasteiger partial charge in [-0.15, -0.1) is 0 Å². The van der Waals surface area contributed by atoms with Crippen LogP contribution in [0.25, 0.3) is 0 Å². The molecule has 0 unspecified atom stereocenters. The normalized spacial score (nSPS) is 17.1. The van der Waals surface area contributed by atoms with Crippen LogP contribution in [0.2, 0.25) is 0 Å². The number of rotatable bonds is 7. The molecule has 0 spiro atoms. The first kappa shape index (κ1) is 23.1. The average molecular weight is 507 g/mol. The predicted octanol–water partition coefficient (Wildman–Crippen LogP) is 6.80. The van der Waals surface area contributed by atoms with Crippen molar-refractivity contribution < 1.29 is 9.15 Å². The largest absolute Gasteiger partial charge is 0.467 e. The van der Waals surface area contributed by atoms with Gasteiger partial charge in [-0.2, -0.15) is 0 Å². The lowest BCUT2D eigenvalue weighted by Crippen LogP contribution is -2.30. The number of aromatic nitrogens is 2. The summed E-state index contributed by atoms with van der Waals surface area (Å²) in [5.74, 6) is 2.47. The number of furan rings is 1. The molecule has 0 bridgehead atoms. The van der Waals surface area contributed by atoms with Gasteiger partial charge in [0.2, 0.25) is 0 Å². The first-order valence-corrected chi connectivity index (χ1v) is 12.6. The Morgan fingerprint density at radius 1 is 0.919 bits per heavy atom. The molecule has 3 aromatic heterocycles. The second kappa shape index (κ2) is 9.95. The van der Waals surface area contributed by atoms with Gasteiger partial charge in [0.25, 0.3) is 0 Å². The molecule has 1 N–H and O–H groups in total. The Bertz CT molecular complexity index is 1480. The Labute approximate surface area is 221 Å². The van der Waals surface area contributed by atoms with Gasteiger partial charge >= 0.3 is 0 Å². The number of nitrogens with one attached hydrogen (secondary N) is 1. The number of benzene rings is 2. The third kappa shape index (κ3) is 4.73. The summed E-state index contributed by atoms with van der Waals surface area (Å²) >= 11 is 5.89. The zero-order chi connectivity index (χ0) is 25.2. The molecule has 4 heterocycles. The summed E-state index contributed by atoms with van der Waals surface area (Å²) in [4.78, 5) is 6.82. The van der Waals surface area contributed by atoms with Gasteiger partial charge in [-0.3, -0.25) is 4.98 Å². The smallest absolute Gasteiger partial charge is 0.174 e. The molecule has 0 saturated carbocycles. The Morgan fingerprint density at radius 2 is 1.70 bits per heavy atom. The molecule has 1 saturated heterocycles. The van der Waals surface area contributed by atoms with Crippen molar-refractivity contribution in [2.75, 3.05) is 4.90 Å². The number of anilines is 1. The summed E-state index contributed by atoms with van der Waals surface area (Å²) in [6, 6.07) is 29.9. The molecule has 0 amide bonds. The van der Waals surface area contributed by atoms with Crippen LogP contribution in [-0.2, 0) is 6.54 Å². The summed E-state index contributed by atoms with van der Waals surface area (Å²) in [5, 5.41) is 4.18. The van der Waals surface area contributed by atoms with Crippen molar-refractivity contribution in [2.45, 2.75) is 25.6 Å². The van der Waals surface area contributed by atoms with E-state index in [1.807, 2.05) is 85.1 Å². The maximum Gasteiger partial charge on any atom is 0.174 e. The van der Waals surface area contributed by atoms with Crippen LogP contribution < -0.4 is 15.0 Å². The van der Waals surface area contributed by atoms with Crippen molar-refractivity contribution in [1.82, 2.24) is 14.9 Å². The van der Waals surface area contributed by atoms with E-state index in [9.17, 15) is 0 Å². The van der Waals surface area contributed by atoms with E-state index in [-0.39, 0.29) is 12.1 Å². The molecule has 0 aliphatic carbocycles. The number of pyridine rings is 1. The van der Waals surface area contributed by atoms with E-state index >= 15 is 0 Å². The van der Waals surface area contributed by atoms with Crippen LogP contribution in [0, 0.1) is 6.92 Å². The van der Waals surface area contributed by atoms with Crippen LogP contribution in [0.15, 0.2) is 114 Å². The fourth-order valence-electron chi connectivity index (χ4n) is 4.76. The lowest BCUT2D eigenvalue weighted by Gasteiger charge is -2.29. The van der Waals surface area contributed by atoms with Crippen LogP contribution >= 0.6 is 12.2 Å². The Morgan fingerprint density at radius 3 is 2.41 bits per heavy atom. The van der Waals surface area contributed by atoms with Crippen LogP contribution in [0.5, 0.6) is 11.5 Å². The topological polar surface area (TPSA) is 55.5 Å². The molecule has 6 nitrogen and oxygen atoms in total. The number of aryl methyl sites for hydroxylation is 1. The van der Waals surface area contributed by atoms with Gasteiger partial charge in [-0.1, -0.05) is 23.8 Å². The first-order chi connectivity index (χ1) is 18.2. The summed E-state index contributed by atoms with van der Waals surface area (Å²) < 4.78 is 13.9. The lowest BCUT2D eigenvalue weighted by atomic mass is 10.0. The number of nitrogens with zero attached hydrogens (tertiary/aromatic N) is 3. The molecule has 2 atom stereocenters. The molecule has 37 heavy (non-hydrogen) atoms. The van der Waals surface area contributed by atoms with Crippen LogP contribution in [0.1, 0.15) is 34.8 Å². The number of ether oxygens (including phenoxy) is 1. The minimum atomic E-state index is -0.123. The van der Waals surface area contributed by atoms with Crippen molar-refractivity contribution in [3.8, 4) is 11.5 Å². The van der Waals surface area contributed by atoms with E-state index in [1.165, 1.54) is 5.56 Å². The van der Waals surface area contributed by atoms with E-state index in [0.29, 0.717) is 11.7 Å². The summed E-state index contributed by atoms with van der Waals surface area (Å²) in [7, 11) is 0. The number of thiocarbonyl (C=S) groups is 1. The second-order valence-electron chi connectivity index (χ2n) is 9.05. The van der Waals surface area contributed by atoms with Gasteiger partial charge < -0.3 is 23.9 Å². The van der Waals surface area contributed by atoms with Crippen molar-refractivity contribution in [1.29, 1.82) is 0 Å². The lowest BCUT2D eigenvalue weighted by molar-refractivity contribution is 0.475. The maximum atomic E-state index is 6.05. The van der Waals surface area contributed by atoms with E-state index in [4.69, 9.17) is 21.4 Å². The molecular weight excluding hydrogens is 480 g/mol. The molecular formula is C30H26N4O2S. The number of hydrogen-bond acceptors (Lipinski definition) is 4. The van der Waals surface area contributed by atoms with Crippen LogP contribution in [-0.4, -0.2) is 14.7 Å². The average Bonchev–Trinajstić information content (AvgIpc) is 3.67. The molecule has 1 aliphatic rings. The van der Waals surface area contributed by atoms with E-state index in [2.05, 4.69) is 45.0 Å². The quantitative estimate of drug-likeness (QED) is 0.245. The fraction of sp³-hybridized carbons (Fsp3) is 0.133. The minimum absolute atomic E-state index is 0.115. The van der Waals surface area contributed by atoms with Crippen LogP contribution in [0.3, 0.4) is 0 Å². The third-order valence-electron chi connectivity index (χ3n) is 6.54.